The van der Waals surface area contributed by atoms with Crippen LogP contribution in [0.5, 0.6) is 5.75 Å². The summed E-state index contributed by atoms with van der Waals surface area (Å²) >= 11 is 0. The standard InChI is InChI=1S/C13H14N2O5S/c1-8-12(9(2)20-14-8)21(17,18)15-13(16)10-6-4-5-7-11(10)19-3/h4-7H,1-3H3,(H,15,16). The third-order valence-electron chi connectivity index (χ3n) is 2.82. The lowest BCUT2D eigenvalue weighted by Gasteiger charge is -2.09. The topological polar surface area (TPSA) is 98.5 Å². The van der Waals surface area contributed by atoms with Gasteiger partial charge in [0.1, 0.15) is 11.4 Å². The van der Waals surface area contributed by atoms with Gasteiger partial charge in [0.15, 0.2) is 10.7 Å². The van der Waals surface area contributed by atoms with Gasteiger partial charge in [-0.3, -0.25) is 4.79 Å². The molecule has 2 aromatic rings. The molecule has 0 aliphatic rings. The van der Waals surface area contributed by atoms with E-state index >= 15 is 0 Å². The summed E-state index contributed by atoms with van der Waals surface area (Å²) in [7, 11) is -2.66. The van der Waals surface area contributed by atoms with Crippen LogP contribution in [0.2, 0.25) is 0 Å². The molecule has 8 heteroatoms. The highest BCUT2D eigenvalue weighted by Crippen LogP contribution is 2.21. The number of hydrogen-bond acceptors (Lipinski definition) is 6. The smallest absolute Gasteiger partial charge is 0.269 e. The second-order valence-corrected chi connectivity index (χ2v) is 5.91. The van der Waals surface area contributed by atoms with Crippen LogP contribution < -0.4 is 9.46 Å². The zero-order valence-corrected chi connectivity index (χ0v) is 12.5. The zero-order valence-electron chi connectivity index (χ0n) is 11.7. The number of hydrogen-bond donors (Lipinski definition) is 1. The van der Waals surface area contributed by atoms with Gasteiger partial charge in [-0.25, -0.2) is 13.1 Å². The van der Waals surface area contributed by atoms with Gasteiger partial charge in [-0.15, -0.1) is 0 Å². The van der Waals surface area contributed by atoms with Gasteiger partial charge in [-0.1, -0.05) is 17.3 Å². The molecule has 7 nitrogen and oxygen atoms in total. The Labute approximate surface area is 121 Å². The Morgan fingerprint density at radius 2 is 1.95 bits per heavy atom. The largest absolute Gasteiger partial charge is 0.496 e. The van der Waals surface area contributed by atoms with E-state index in [1.54, 1.807) is 18.2 Å². The minimum atomic E-state index is -4.06. The number of carbonyl (C=O) groups is 1. The molecule has 21 heavy (non-hydrogen) atoms. The molecule has 0 saturated heterocycles. The Morgan fingerprint density at radius 3 is 2.52 bits per heavy atom. The maximum atomic E-state index is 12.2. The minimum absolute atomic E-state index is 0.118. The quantitative estimate of drug-likeness (QED) is 0.917. The van der Waals surface area contributed by atoms with Crippen LogP contribution >= 0.6 is 0 Å². The van der Waals surface area contributed by atoms with E-state index in [4.69, 9.17) is 9.26 Å². The fourth-order valence-corrected chi connectivity index (χ4v) is 3.22. The number of nitrogens with one attached hydrogen (secondary N) is 1. The van der Waals surface area contributed by atoms with Crippen molar-refractivity contribution in [3.8, 4) is 5.75 Å². The summed E-state index contributed by atoms with van der Waals surface area (Å²) in [5.74, 6) is -0.385. The maximum Gasteiger partial charge on any atom is 0.269 e. The average molecular weight is 310 g/mol. The Bertz CT molecular complexity index is 760. The van der Waals surface area contributed by atoms with Crippen LogP contribution in [0.3, 0.4) is 0 Å². The molecule has 2 rings (SSSR count). The third kappa shape index (κ3) is 2.89. The van der Waals surface area contributed by atoms with E-state index in [9.17, 15) is 13.2 Å². The van der Waals surface area contributed by atoms with Crippen LogP contribution in [0.4, 0.5) is 0 Å². The molecule has 1 aromatic heterocycles. The molecule has 112 valence electrons. The third-order valence-corrected chi connectivity index (χ3v) is 4.39. The number of methoxy groups -OCH3 is 1. The first-order chi connectivity index (χ1) is 9.86. The van der Waals surface area contributed by atoms with Crippen molar-refractivity contribution in [2.24, 2.45) is 0 Å². The molecule has 0 radical (unpaired) electrons. The Balaban J connectivity index is 2.35. The molecule has 0 atom stereocenters. The van der Waals surface area contributed by atoms with Gasteiger partial charge in [-0.2, -0.15) is 0 Å². The summed E-state index contributed by atoms with van der Waals surface area (Å²) in [4.78, 5) is 12.0. The van der Waals surface area contributed by atoms with E-state index in [0.717, 1.165) is 0 Å². The van der Waals surface area contributed by atoms with Crippen molar-refractivity contribution in [3.63, 3.8) is 0 Å². The molecule has 0 aliphatic carbocycles. The van der Waals surface area contributed by atoms with E-state index in [1.807, 2.05) is 4.72 Å². The Morgan fingerprint density at radius 1 is 1.29 bits per heavy atom. The summed E-state index contributed by atoms with van der Waals surface area (Å²) in [5.41, 5.74) is 0.308. The second-order valence-electron chi connectivity index (χ2n) is 4.29. The number of carbonyl (C=O) groups excluding carboxylic acids is 1. The number of rotatable bonds is 4. The van der Waals surface area contributed by atoms with Crippen molar-refractivity contribution in [2.45, 2.75) is 18.7 Å². The van der Waals surface area contributed by atoms with Gasteiger partial charge in [0, 0.05) is 0 Å². The van der Waals surface area contributed by atoms with Crippen LogP contribution in [-0.2, 0) is 10.0 Å². The van der Waals surface area contributed by atoms with E-state index in [2.05, 4.69) is 5.16 Å². The van der Waals surface area contributed by atoms with Crippen LogP contribution in [0.15, 0.2) is 33.7 Å². The van der Waals surface area contributed by atoms with Gasteiger partial charge < -0.3 is 9.26 Å². The van der Waals surface area contributed by atoms with E-state index in [-0.39, 0.29) is 27.7 Å². The summed E-state index contributed by atoms with van der Waals surface area (Å²) in [6, 6.07) is 6.33. The lowest BCUT2D eigenvalue weighted by molar-refractivity contribution is 0.0978. The second kappa shape index (κ2) is 5.57. The molecule has 1 amide bonds. The summed E-state index contributed by atoms with van der Waals surface area (Å²) in [5, 5.41) is 3.57. The number of nitrogens with zero attached hydrogens (tertiary/aromatic N) is 1. The minimum Gasteiger partial charge on any atom is -0.496 e. The van der Waals surface area contributed by atoms with Crippen molar-refractivity contribution in [3.05, 3.63) is 41.3 Å². The van der Waals surface area contributed by atoms with Crippen molar-refractivity contribution in [1.29, 1.82) is 0 Å². The number of aromatic nitrogens is 1. The predicted molar refractivity (Wildman–Crippen MR) is 73.6 cm³/mol. The van der Waals surface area contributed by atoms with Gasteiger partial charge in [0.25, 0.3) is 15.9 Å². The first kappa shape index (κ1) is 15.0. The number of benzene rings is 1. The summed E-state index contributed by atoms with van der Waals surface area (Å²) < 4.78 is 36.3. The van der Waals surface area contributed by atoms with Gasteiger partial charge in [0.05, 0.1) is 12.7 Å². The Hall–Kier alpha value is -2.35. The number of para-hydroxylation sites is 1. The first-order valence-corrected chi connectivity index (χ1v) is 7.48. The van der Waals surface area contributed by atoms with Gasteiger partial charge in [0.2, 0.25) is 0 Å². The molecule has 0 bridgehead atoms. The van der Waals surface area contributed by atoms with Gasteiger partial charge in [-0.05, 0) is 26.0 Å². The molecule has 1 N–H and O–H groups in total. The lowest BCUT2D eigenvalue weighted by atomic mass is 10.2. The molecule has 1 heterocycles. The number of ether oxygens (including phenoxy) is 1. The fourth-order valence-electron chi connectivity index (χ4n) is 1.92. The fraction of sp³-hybridized carbons (Fsp3) is 0.231. The SMILES string of the molecule is COc1ccccc1C(=O)NS(=O)(=O)c1c(C)noc1C. The average Bonchev–Trinajstić information content (AvgIpc) is 2.78. The number of aryl methyl sites for hydroxylation is 2. The van der Waals surface area contributed by atoms with Crippen LogP contribution in [0, 0.1) is 13.8 Å². The summed E-state index contributed by atoms with van der Waals surface area (Å²) in [6.07, 6.45) is 0. The molecule has 0 unspecified atom stereocenters. The van der Waals surface area contributed by atoms with Crippen LogP contribution in [0.25, 0.3) is 0 Å². The molecule has 0 fully saturated rings. The van der Waals surface area contributed by atoms with E-state index in [1.165, 1.54) is 27.0 Å². The monoisotopic (exact) mass is 310 g/mol. The molecule has 1 aromatic carbocycles. The van der Waals surface area contributed by atoms with E-state index < -0.39 is 15.9 Å². The molecule has 0 saturated carbocycles. The highest BCUT2D eigenvalue weighted by molar-refractivity contribution is 7.90. The highest BCUT2D eigenvalue weighted by Gasteiger charge is 2.27. The van der Waals surface area contributed by atoms with Crippen LogP contribution in [0.1, 0.15) is 21.8 Å². The molecular formula is C13H14N2O5S. The summed E-state index contributed by atoms with van der Waals surface area (Å²) in [6.45, 7) is 2.95. The molecule has 0 spiro atoms. The highest BCUT2D eigenvalue weighted by atomic mass is 32.2. The first-order valence-electron chi connectivity index (χ1n) is 6.00. The lowest BCUT2D eigenvalue weighted by Crippen LogP contribution is -2.31. The van der Waals surface area contributed by atoms with Crippen molar-refractivity contribution in [1.82, 2.24) is 9.88 Å². The molecule has 0 aliphatic heterocycles. The zero-order chi connectivity index (χ0) is 15.6. The van der Waals surface area contributed by atoms with E-state index in [0.29, 0.717) is 0 Å². The normalized spacial score (nSPS) is 11.2. The van der Waals surface area contributed by atoms with Crippen molar-refractivity contribution < 1.29 is 22.5 Å². The number of amides is 1. The van der Waals surface area contributed by atoms with Crippen LogP contribution in [-0.4, -0.2) is 26.6 Å². The van der Waals surface area contributed by atoms with Gasteiger partial charge >= 0.3 is 0 Å². The molecular weight excluding hydrogens is 296 g/mol. The Kier molecular flexibility index (Phi) is 3.99. The van der Waals surface area contributed by atoms with Crippen molar-refractivity contribution in [2.75, 3.05) is 7.11 Å². The van der Waals surface area contributed by atoms with Crippen molar-refractivity contribution >= 4 is 15.9 Å². The predicted octanol–water partition coefficient (Wildman–Crippen LogP) is 1.42. The maximum absolute atomic E-state index is 12.2. The number of sulfonamides is 1.